The Morgan fingerprint density at radius 2 is 1.73 bits per heavy atom. The SMILES string of the molecule is CC[C@H](C)[C@@H]([C@@H](CC(=O)N1CCC[C@H]1[C@H](OC)[C@@H](C)C(=O)NC(Cc1ccccc1)c1nccs1)OC)N(C)C(=O)[C@@H](NC(=O)[C@@H](NC)C(C)C)C(C)(C)O. The van der Waals surface area contributed by atoms with E-state index in [1.54, 1.807) is 32.3 Å². The molecule has 1 unspecified atom stereocenters. The normalized spacial score (nSPS) is 19.1. The predicted octanol–water partition coefficient (Wildman–Crippen LogP) is 3.96. The van der Waals surface area contributed by atoms with Crippen molar-refractivity contribution in [1.82, 2.24) is 30.7 Å². The van der Waals surface area contributed by atoms with E-state index in [4.69, 9.17) is 9.47 Å². The summed E-state index contributed by atoms with van der Waals surface area (Å²) >= 11 is 1.49. The molecule has 13 nitrogen and oxygen atoms in total. The topological polar surface area (TPSA) is 162 Å². The van der Waals surface area contributed by atoms with Crippen molar-refractivity contribution in [2.24, 2.45) is 17.8 Å². The van der Waals surface area contributed by atoms with Crippen LogP contribution in [0.25, 0.3) is 0 Å². The number of rotatable bonds is 21. The molecule has 4 N–H and O–H groups in total. The third kappa shape index (κ3) is 12.0. The highest BCUT2D eigenvalue weighted by atomic mass is 32.1. The van der Waals surface area contributed by atoms with Gasteiger partial charge in [0.05, 0.1) is 54.3 Å². The number of hydrogen-bond donors (Lipinski definition) is 4. The number of nitrogens with zero attached hydrogens (tertiary/aromatic N) is 3. The molecule has 4 amide bonds. The number of aromatic nitrogens is 1. The van der Waals surface area contributed by atoms with Crippen LogP contribution in [0.4, 0.5) is 0 Å². The van der Waals surface area contributed by atoms with Crippen LogP contribution in [0.15, 0.2) is 41.9 Å². The molecule has 9 atom stereocenters. The van der Waals surface area contributed by atoms with E-state index in [9.17, 15) is 24.3 Å². The molecule has 1 saturated heterocycles. The van der Waals surface area contributed by atoms with Crippen LogP contribution in [-0.4, -0.2) is 120 Å². The molecular weight excluding hydrogens is 721 g/mol. The first-order chi connectivity index (χ1) is 26.0. The van der Waals surface area contributed by atoms with E-state index in [-0.39, 0.29) is 42.2 Å². The maximum atomic E-state index is 14.3. The molecule has 2 aromatic rings. The van der Waals surface area contributed by atoms with Crippen molar-refractivity contribution in [2.45, 2.75) is 129 Å². The summed E-state index contributed by atoms with van der Waals surface area (Å²) in [6.45, 7) is 13.1. The lowest BCUT2D eigenvalue weighted by atomic mass is 9.88. The van der Waals surface area contributed by atoms with Gasteiger partial charge in [-0.05, 0) is 57.6 Å². The van der Waals surface area contributed by atoms with Crippen molar-refractivity contribution in [3.8, 4) is 0 Å². The molecule has 1 aromatic carbocycles. The highest BCUT2D eigenvalue weighted by molar-refractivity contribution is 7.09. The first-order valence-corrected chi connectivity index (χ1v) is 20.4. The van der Waals surface area contributed by atoms with Crippen molar-refractivity contribution in [2.75, 3.05) is 34.9 Å². The number of benzene rings is 1. The lowest BCUT2D eigenvalue weighted by Gasteiger charge is -2.42. The fraction of sp³-hybridized carbons (Fsp3) is 0.683. The Morgan fingerprint density at radius 1 is 1.05 bits per heavy atom. The lowest BCUT2D eigenvalue weighted by molar-refractivity contribution is -0.151. The molecule has 0 aliphatic carbocycles. The predicted molar refractivity (Wildman–Crippen MR) is 215 cm³/mol. The zero-order chi connectivity index (χ0) is 41.0. The molecule has 1 aliphatic rings. The van der Waals surface area contributed by atoms with E-state index in [1.807, 2.05) is 70.3 Å². The van der Waals surface area contributed by atoms with Crippen LogP contribution < -0.4 is 16.0 Å². The zero-order valence-electron chi connectivity index (χ0n) is 34.7. The Labute approximate surface area is 332 Å². The number of nitrogens with one attached hydrogen (secondary N) is 3. The Bertz CT molecular complexity index is 1500. The van der Waals surface area contributed by atoms with Gasteiger partial charge in [-0.15, -0.1) is 11.3 Å². The van der Waals surface area contributed by atoms with Crippen molar-refractivity contribution < 1.29 is 33.8 Å². The van der Waals surface area contributed by atoms with Gasteiger partial charge in [-0.2, -0.15) is 0 Å². The Morgan fingerprint density at radius 3 is 2.25 bits per heavy atom. The summed E-state index contributed by atoms with van der Waals surface area (Å²) in [6, 6.07) is 6.92. The zero-order valence-corrected chi connectivity index (χ0v) is 35.5. The molecule has 14 heteroatoms. The smallest absolute Gasteiger partial charge is 0.248 e. The number of carbonyl (C=O) groups is 4. The Balaban J connectivity index is 1.81. The average molecular weight is 787 g/mol. The molecular formula is C41H66N6O7S. The maximum absolute atomic E-state index is 14.3. The summed E-state index contributed by atoms with van der Waals surface area (Å²) in [6.07, 6.45) is 3.14. The van der Waals surface area contributed by atoms with Crippen LogP contribution in [0.3, 0.4) is 0 Å². The summed E-state index contributed by atoms with van der Waals surface area (Å²) in [4.78, 5) is 63.4. The first-order valence-electron chi connectivity index (χ1n) is 19.6. The average Bonchev–Trinajstić information content (AvgIpc) is 3.87. The van der Waals surface area contributed by atoms with E-state index in [1.165, 1.54) is 37.2 Å². The van der Waals surface area contributed by atoms with E-state index in [0.717, 1.165) is 17.0 Å². The van der Waals surface area contributed by atoms with Crippen LogP contribution in [0, 0.1) is 17.8 Å². The first kappa shape index (κ1) is 46.0. The second-order valence-electron chi connectivity index (χ2n) is 15.8. The fourth-order valence-corrected chi connectivity index (χ4v) is 8.50. The summed E-state index contributed by atoms with van der Waals surface area (Å²) < 4.78 is 12.0. The molecule has 0 bridgehead atoms. The third-order valence-corrected chi connectivity index (χ3v) is 12.0. The highest BCUT2D eigenvalue weighted by Gasteiger charge is 2.45. The number of likely N-dealkylation sites (tertiary alicyclic amines) is 1. The van der Waals surface area contributed by atoms with Crippen LogP contribution in [-0.2, 0) is 35.1 Å². The number of carbonyl (C=O) groups excluding carboxylic acids is 4. The Hall–Kier alpha value is -3.43. The maximum Gasteiger partial charge on any atom is 0.248 e. The van der Waals surface area contributed by atoms with Gasteiger partial charge in [0.15, 0.2) is 0 Å². The Kier molecular flexibility index (Phi) is 17.7. The largest absolute Gasteiger partial charge is 0.388 e. The van der Waals surface area contributed by atoms with Gasteiger partial charge >= 0.3 is 0 Å². The summed E-state index contributed by atoms with van der Waals surface area (Å²) in [7, 11) is 6.42. The molecule has 3 rings (SSSR count). The van der Waals surface area contributed by atoms with Crippen molar-refractivity contribution >= 4 is 35.0 Å². The number of thiazole rings is 1. The fourth-order valence-electron chi connectivity index (χ4n) is 7.81. The summed E-state index contributed by atoms with van der Waals surface area (Å²) in [5, 5.41) is 22.8. The lowest BCUT2D eigenvalue weighted by Crippen LogP contribution is -2.63. The van der Waals surface area contributed by atoms with E-state index in [2.05, 4.69) is 20.9 Å². The number of amides is 4. The van der Waals surface area contributed by atoms with Gasteiger partial charge in [-0.3, -0.25) is 19.2 Å². The standard InChI is InChI=1S/C41H66N6O7S/c1-12-26(4)34(46(9)40(51)36(41(6,7)52)45-38(50)33(42-8)25(2)3)31(53-10)24-32(48)47-21-16-19-30(47)35(54-11)27(5)37(49)44-29(39-43-20-22-55-39)23-28-17-14-13-15-18-28/h13-15,17-18,20,22,25-27,29-31,33-36,42,52H,12,16,19,21,23-24H2,1-11H3,(H,44,49)(H,45,50)/t26-,27+,29?,30-,31+,33-,34-,35+,36+/m0/s1. The minimum atomic E-state index is -1.59. The van der Waals surface area contributed by atoms with Crippen LogP contribution in [0.1, 0.15) is 90.8 Å². The highest BCUT2D eigenvalue weighted by Crippen LogP contribution is 2.31. The molecule has 1 aromatic heterocycles. The van der Waals surface area contributed by atoms with Gasteiger partial charge < -0.3 is 40.3 Å². The molecule has 2 heterocycles. The molecule has 0 saturated carbocycles. The van der Waals surface area contributed by atoms with Gasteiger partial charge in [-0.25, -0.2) is 4.98 Å². The molecule has 55 heavy (non-hydrogen) atoms. The van der Waals surface area contributed by atoms with E-state index in [0.29, 0.717) is 25.8 Å². The second-order valence-corrected chi connectivity index (χ2v) is 16.7. The van der Waals surface area contributed by atoms with Gasteiger partial charge in [0.1, 0.15) is 11.0 Å². The molecule has 308 valence electrons. The van der Waals surface area contributed by atoms with E-state index < -0.39 is 53.7 Å². The number of methoxy groups -OCH3 is 2. The molecule has 0 radical (unpaired) electrons. The summed E-state index contributed by atoms with van der Waals surface area (Å²) in [5.74, 6) is -1.96. The van der Waals surface area contributed by atoms with Gasteiger partial charge in [-0.1, -0.05) is 71.4 Å². The number of hydrogen-bond acceptors (Lipinski definition) is 10. The van der Waals surface area contributed by atoms with Crippen molar-refractivity contribution in [3.05, 3.63) is 52.5 Å². The van der Waals surface area contributed by atoms with Crippen LogP contribution >= 0.6 is 11.3 Å². The summed E-state index contributed by atoms with van der Waals surface area (Å²) in [5.41, 5.74) is -0.506. The van der Waals surface area contributed by atoms with Crippen LogP contribution in [0.2, 0.25) is 0 Å². The van der Waals surface area contributed by atoms with E-state index >= 15 is 0 Å². The van der Waals surface area contributed by atoms with Crippen molar-refractivity contribution in [1.29, 1.82) is 0 Å². The molecule has 1 aliphatic heterocycles. The van der Waals surface area contributed by atoms with Crippen molar-refractivity contribution in [3.63, 3.8) is 0 Å². The third-order valence-electron chi connectivity index (χ3n) is 11.1. The number of aliphatic hydroxyl groups is 1. The quantitative estimate of drug-likeness (QED) is 0.147. The van der Waals surface area contributed by atoms with Gasteiger partial charge in [0.25, 0.3) is 0 Å². The minimum absolute atomic E-state index is 0.0193. The number of likely N-dealkylation sites (N-methyl/N-ethyl adjacent to an activating group) is 2. The second kappa shape index (κ2) is 21.2. The molecule has 1 fully saturated rings. The van der Waals surface area contributed by atoms with Gasteiger partial charge in [0.2, 0.25) is 23.6 Å². The number of ether oxygens (including phenoxy) is 2. The minimum Gasteiger partial charge on any atom is -0.388 e. The van der Waals surface area contributed by atoms with Gasteiger partial charge in [0, 0.05) is 39.4 Å². The monoisotopic (exact) mass is 786 g/mol. The molecule has 0 spiro atoms. The van der Waals surface area contributed by atoms with Crippen LogP contribution in [0.5, 0.6) is 0 Å².